The smallest absolute Gasteiger partial charge is 0.328 e. The van der Waals surface area contributed by atoms with E-state index in [1.54, 1.807) is 30.0 Å². The third kappa shape index (κ3) is 4.70. The Morgan fingerprint density at radius 2 is 1.71 bits per heavy atom. The van der Waals surface area contributed by atoms with Crippen LogP contribution in [0, 0.1) is 0 Å². The predicted octanol–water partition coefficient (Wildman–Crippen LogP) is 3.95. The van der Waals surface area contributed by atoms with Gasteiger partial charge in [-0.1, -0.05) is 48.0 Å². The molecule has 0 bridgehead atoms. The highest BCUT2D eigenvalue weighted by molar-refractivity contribution is 6.30. The molecule has 3 aromatic rings. The summed E-state index contributed by atoms with van der Waals surface area (Å²) in [5, 5.41) is 1.62. The molecule has 1 aliphatic rings. The molecular weight excluding hydrogens is 414 g/mol. The second-order valence-corrected chi connectivity index (χ2v) is 7.86. The number of hydrogen-bond donors (Lipinski definition) is 0. The summed E-state index contributed by atoms with van der Waals surface area (Å²) in [6.07, 6.45) is 0. The topological polar surface area (TPSA) is 62.7 Å². The number of carbonyl (C=O) groups is 2. The summed E-state index contributed by atoms with van der Waals surface area (Å²) in [6.45, 7) is 4.25. The second-order valence-electron chi connectivity index (χ2n) is 7.42. The monoisotopic (exact) mass is 437 g/mol. The second kappa shape index (κ2) is 9.45. The first-order valence-corrected chi connectivity index (χ1v) is 10.8. The number of halogens is 1. The lowest BCUT2D eigenvalue weighted by molar-refractivity contribution is -0.150. The van der Waals surface area contributed by atoms with Gasteiger partial charge in [-0.15, -0.1) is 0 Å². The van der Waals surface area contributed by atoms with E-state index in [4.69, 9.17) is 16.3 Å². The molecule has 0 radical (unpaired) electrons. The highest BCUT2D eigenvalue weighted by Crippen LogP contribution is 2.26. The maximum atomic E-state index is 13.0. The Labute approximate surface area is 186 Å². The zero-order chi connectivity index (χ0) is 21.8. The fraction of sp³-hybridized carbons (Fsp3) is 0.292. The van der Waals surface area contributed by atoms with Crippen LogP contribution in [0.2, 0.25) is 5.02 Å². The van der Waals surface area contributed by atoms with Gasteiger partial charge in [-0.25, -0.2) is 9.78 Å². The van der Waals surface area contributed by atoms with Gasteiger partial charge in [0.2, 0.25) is 0 Å². The van der Waals surface area contributed by atoms with Crippen LogP contribution in [0.15, 0.2) is 60.7 Å². The van der Waals surface area contributed by atoms with Crippen molar-refractivity contribution >= 4 is 34.4 Å². The van der Waals surface area contributed by atoms with E-state index in [2.05, 4.69) is 9.88 Å². The van der Waals surface area contributed by atoms with Crippen molar-refractivity contribution in [2.75, 3.05) is 32.8 Å². The maximum Gasteiger partial charge on any atom is 0.328 e. The third-order valence-electron chi connectivity index (χ3n) is 5.48. The van der Waals surface area contributed by atoms with Gasteiger partial charge >= 0.3 is 5.97 Å². The minimum absolute atomic E-state index is 0.0930. The summed E-state index contributed by atoms with van der Waals surface area (Å²) >= 11 is 6.01. The first kappa shape index (κ1) is 21.3. The normalized spacial score (nSPS) is 15.6. The van der Waals surface area contributed by atoms with E-state index < -0.39 is 6.04 Å². The molecule has 1 saturated heterocycles. The van der Waals surface area contributed by atoms with Crippen LogP contribution < -0.4 is 0 Å². The number of piperazine rings is 1. The number of nitrogens with zero attached hydrogens (tertiary/aromatic N) is 3. The molecule has 2 heterocycles. The number of carbonyl (C=O) groups excluding carboxylic acids is 2. The number of pyridine rings is 1. The van der Waals surface area contributed by atoms with E-state index in [0.717, 1.165) is 16.5 Å². The average molecular weight is 438 g/mol. The van der Waals surface area contributed by atoms with Crippen LogP contribution in [-0.2, 0) is 9.53 Å². The molecule has 1 amide bonds. The fourth-order valence-corrected chi connectivity index (χ4v) is 4.02. The third-order valence-corrected chi connectivity index (χ3v) is 5.73. The van der Waals surface area contributed by atoms with E-state index >= 15 is 0 Å². The number of ether oxygens (including phenoxy) is 1. The lowest BCUT2D eigenvalue weighted by atomic mass is 10.0. The number of aromatic nitrogens is 1. The molecule has 0 spiro atoms. The molecule has 31 heavy (non-hydrogen) atoms. The molecule has 0 aliphatic carbocycles. The van der Waals surface area contributed by atoms with Crippen molar-refractivity contribution in [3.8, 4) is 0 Å². The molecule has 0 unspecified atom stereocenters. The van der Waals surface area contributed by atoms with Crippen LogP contribution in [0.25, 0.3) is 10.9 Å². The molecule has 1 aliphatic heterocycles. The first-order chi connectivity index (χ1) is 15.1. The van der Waals surface area contributed by atoms with Gasteiger partial charge in [0.05, 0.1) is 12.1 Å². The number of benzene rings is 2. The standard InChI is InChI=1S/C24H24ClN3O3/c1-2-31-24(30)22(18-7-10-19(25)11-8-18)27-13-15-28(16-14-27)23(29)21-12-9-17-5-3-4-6-20(17)26-21/h3-12,22H,2,13-16H2,1H3/t22-/m0/s1. The molecule has 1 atom stereocenters. The van der Waals surface area contributed by atoms with E-state index in [-0.39, 0.29) is 11.9 Å². The summed E-state index contributed by atoms with van der Waals surface area (Å²) < 4.78 is 5.32. The van der Waals surface area contributed by atoms with Crippen molar-refractivity contribution < 1.29 is 14.3 Å². The van der Waals surface area contributed by atoms with E-state index in [1.807, 2.05) is 42.5 Å². The Morgan fingerprint density at radius 3 is 2.42 bits per heavy atom. The van der Waals surface area contributed by atoms with Gasteiger partial charge in [0.25, 0.3) is 5.91 Å². The number of amides is 1. The van der Waals surface area contributed by atoms with Crippen molar-refractivity contribution in [1.82, 2.24) is 14.8 Å². The van der Waals surface area contributed by atoms with Gasteiger partial charge in [-0.05, 0) is 36.8 Å². The maximum absolute atomic E-state index is 13.0. The van der Waals surface area contributed by atoms with E-state index in [0.29, 0.717) is 43.5 Å². The van der Waals surface area contributed by atoms with Gasteiger partial charge in [-0.3, -0.25) is 9.69 Å². The molecular formula is C24H24ClN3O3. The quantitative estimate of drug-likeness (QED) is 0.565. The highest BCUT2D eigenvalue weighted by atomic mass is 35.5. The summed E-state index contributed by atoms with van der Waals surface area (Å²) in [4.78, 5) is 34.1. The molecule has 1 fully saturated rings. The summed E-state index contributed by atoms with van der Waals surface area (Å²) in [6, 6.07) is 18.1. The molecule has 0 saturated carbocycles. The van der Waals surface area contributed by atoms with Gasteiger partial charge < -0.3 is 9.64 Å². The van der Waals surface area contributed by atoms with Crippen molar-refractivity contribution in [2.24, 2.45) is 0 Å². The minimum Gasteiger partial charge on any atom is -0.465 e. The van der Waals surface area contributed by atoms with Crippen molar-refractivity contribution in [2.45, 2.75) is 13.0 Å². The number of rotatable bonds is 5. The van der Waals surface area contributed by atoms with Crippen molar-refractivity contribution in [1.29, 1.82) is 0 Å². The van der Waals surface area contributed by atoms with Crippen LogP contribution in [-0.4, -0.2) is 59.4 Å². The number of hydrogen-bond acceptors (Lipinski definition) is 5. The zero-order valence-electron chi connectivity index (χ0n) is 17.3. The number of esters is 1. The van der Waals surface area contributed by atoms with Gasteiger partial charge in [0.1, 0.15) is 11.7 Å². The Bertz CT molecular complexity index is 1080. The Kier molecular flexibility index (Phi) is 6.49. The molecule has 0 N–H and O–H groups in total. The van der Waals surface area contributed by atoms with Gasteiger partial charge in [0, 0.05) is 36.6 Å². The lowest BCUT2D eigenvalue weighted by Crippen LogP contribution is -2.51. The molecule has 1 aromatic heterocycles. The van der Waals surface area contributed by atoms with Crippen LogP contribution in [0.1, 0.15) is 29.0 Å². The van der Waals surface area contributed by atoms with E-state index in [9.17, 15) is 9.59 Å². The van der Waals surface area contributed by atoms with Crippen LogP contribution >= 0.6 is 11.6 Å². The van der Waals surface area contributed by atoms with Crippen molar-refractivity contribution in [3.05, 3.63) is 76.9 Å². The highest BCUT2D eigenvalue weighted by Gasteiger charge is 2.33. The summed E-state index contributed by atoms with van der Waals surface area (Å²) in [7, 11) is 0. The molecule has 2 aromatic carbocycles. The van der Waals surface area contributed by atoms with Crippen LogP contribution in [0.4, 0.5) is 0 Å². The average Bonchev–Trinajstić information content (AvgIpc) is 2.80. The fourth-order valence-electron chi connectivity index (χ4n) is 3.89. The zero-order valence-corrected chi connectivity index (χ0v) is 18.1. The summed E-state index contributed by atoms with van der Waals surface area (Å²) in [5.74, 6) is -0.384. The Morgan fingerprint density at radius 1 is 1.00 bits per heavy atom. The Balaban J connectivity index is 1.48. The van der Waals surface area contributed by atoms with E-state index in [1.165, 1.54) is 0 Å². The molecule has 4 rings (SSSR count). The number of para-hydroxylation sites is 1. The molecule has 160 valence electrons. The van der Waals surface area contributed by atoms with Gasteiger partial charge in [-0.2, -0.15) is 0 Å². The molecule has 7 heteroatoms. The Hall–Kier alpha value is -2.96. The predicted molar refractivity (Wildman–Crippen MR) is 120 cm³/mol. The van der Waals surface area contributed by atoms with Gasteiger partial charge in [0.15, 0.2) is 0 Å². The first-order valence-electron chi connectivity index (χ1n) is 10.4. The SMILES string of the molecule is CCOC(=O)[C@H](c1ccc(Cl)cc1)N1CCN(C(=O)c2ccc3ccccc3n2)CC1. The van der Waals surface area contributed by atoms with Crippen molar-refractivity contribution in [3.63, 3.8) is 0 Å². The number of fused-ring (bicyclic) bond motifs is 1. The molecule has 6 nitrogen and oxygen atoms in total. The minimum atomic E-state index is -0.520. The lowest BCUT2D eigenvalue weighted by Gasteiger charge is -2.38. The summed E-state index contributed by atoms with van der Waals surface area (Å²) in [5.41, 5.74) is 2.07. The largest absolute Gasteiger partial charge is 0.465 e. The van der Waals surface area contributed by atoms with Crippen LogP contribution in [0.5, 0.6) is 0 Å². The van der Waals surface area contributed by atoms with Crippen LogP contribution in [0.3, 0.4) is 0 Å².